The third-order valence-corrected chi connectivity index (χ3v) is 5.01. The summed E-state index contributed by atoms with van der Waals surface area (Å²) in [7, 11) is 0. The first kappa shape index (κ1) is 15.3. The average molecular weight is 326 g/mol. The summed E-state index contributed by atoms with van der Waals surface area (Å²) in [5.41, 5.74) is 2.79. The van der Waals surface area contributed by atoms with E-state index in [2.05, 4.69) is 20.2 Å². The smallest absolute Gasteiger partial charge is 0.317 e. The van der Waals surface area contributed by atoms with Crippen molar-refractivity contribution in [2.45, 2.75) is 37.8 Å². The van der Waals surface area contributed by atoms with Crippen molar-refractivity contribution in [2.24, 2.45) is 5.92 Å². The lowest BCUT2D eigenvalue weighted by Crippen LogP contribution is -2.52. The number of aliphatic carboxylic acids is 1. The number of nitrogens with zero attached hydrogens (tertiary/aromatic N) is 3. The van der Waals surface area contributed by atoms with E-state index < -0.39 is 5.97 Å². The molecular weight excluding hydrogens is 304 g/mol. The molecule has 0 aliphatic heterocycles. The molecule has 2 aromatic rings. The molecule has 4 rings (SSSR count). The number of fused-ring (bicyclic) bond motifs is 1. The fraction of sp³-hybridized carbons (Fsp3) is 0.500. The van der Waals surface area contributed by atoms with Gasteiger partial charge in [0.25, 0.3) is 0 Å². The molecule has 6 nitrogen and oxygen atoms in total. The van der Waals surface area contributed by atoms with Crippen LogP contribution in [-0.4, -0.2) is 51.1 Å². The first-order valence-corrected chi connectivity index (χ1v) is 8.61. The van der Waals surface area contributed by atoms with E-state index in [1.165, 1.54) is 12.8 Å². The summed E-state index contributed by atoms with van der Waals surface area (Å²) < 4.78 is 0. The van der Waals surface area contributed by atoms with E-state index in [4.69, 9.17) is 5.11 Å². The van der Waals surface area contributed by atoms with Gasteiger partial charge in [0.2, 0.25) is 0 Å². The van der Waals surface area contributed by atoms with Crippen LogP contribution in [0, 0.1) is 5.92 Å². The van der Waals surface area contributed by atoms with Crippen LogP contribution in [0.1, 0.15) is 25.7 Å². The van der Waals surface area contributed by atoms with Crippen LogP contribution in [-0.2, 0) is 4.79 Å². The lowest BCUT2D eigenvalue weighted by molar-refractivity contribution is -0.139. The Morgan fingerprint density at radius 3 is 2.83 bits per heavy atom. The van der Waals surface area contributed by atoms with Gasteiger partial charge >= 0.3 is 5.97 Å². The number of carboxylic acid groups (broad SMARTS) is 1. The maximum absolute atomic E-state index is 11.1. The zero-order valence-electron chi connectivity index (χ0n) is 13.6. The minimum absolute atomic E-state index is 0.160. The number of carbonyl (C=O) groups is 1. The fourth-order valence-electron chi connectivity index (χ4n) is 3.47. The summed E-state index contributed by atoms with van der Waals surface area (Å²) in [5.74, 6) is -0.0129. The van der Waals surface area contributed by atoms with E-state index in [-0.39, 0.29) is 6.54 Å². The van der Waals surface area contributed by atoms with Gasteiger partial charge in [-0.1, -0.05) is 0 Å². The predicted octanol–water partition coefficient (Wildman–Crippen LogP) is 2.37. The van der Waals surface area contributed by atoms with Crippen LogP contribution in [0.15, 0.2) is 30.6 Å². The zero-order valence-corrected chi connectivity index (χ0v) is 13.6. The largest absolute Gasteiger partial charge is 0.480 e. The molecule has 2 aromatic heterocycles. The number of hydrogen-bond acceptors (Lipinski definition) is 5. The second-order valence-electron chi connectivity index (χ2n) is 6.96. The molecule has 126 valence electrons. The first-order chi connectivity index (χ1) is 11.7. The van der Waals surface area contributed by atoms with Gasteiger partial charge in [0.1, 0.15) is 5.52 Å². The molecule has 0 aromatic carbocycles. The van der Waals surface area contributed by atoms with E-state index in [0.717, 1.165) is 36.1 Å². The number of nitrogens with one attached hydrogen (secondary N) is 1. The molecule has 0 atom stereocenters. The fourth-order valence-corrected chi connectivity index (χ4v) is 3.47. The van der Waals surface area contributed by atoms with Gasteiger partial charge in [-0.15, -0.1) is 0 Å². The summed E-state index contributed by atoms with van der Waals surface area (Å²) >= 11 is 0. The topological polar surface area (TPSA) is 78.4 Å². The molecular formula is C18H22N4O2. The Bertz CT molecular complexity index is 735. The molecule has 0 unspecified atom stereocenters. The quantitative estimate of drug-likeness (QED) is 0.813. The van der Waals surface area contributed by atoms with Crippen molar-refractivity contribution >= 4 is 22.7 Å². The highest BCUT2D eigenvalue weighted by atomic mass is 16.4. The van der Waals surface area contributed by atoms with Crippen molar-refractivity contribution in [3.63, 3.8) is 0 Å². The molecule has 24 heavy (non-hydrogen) atoms. The van der Waals surface area contributed by atoms with E-state index in [1.807, 2.05) is 18.2 Å². The predicted molar refractivity (Wildman–Crippen MR) is 91.9 cm³/mol. The van der Waals surface area contributed by atoms with Gasteiger partial charge in [-0.05, 0) is 49.8 Å². The molecule has 0 saturated heterocycles. The molecule has 2 heterocycles. The highest BCUT2D eigenvalue weighted by molar-refractivity contribution is 5.87. The monoisotopic (exact) mass is 326 g/mol. The minimum Gasteiger partial charge on any atom is -0.480 e. The van der Waals surface area contributed by atoms with Crippen molar-refractivity contribution in [3.05, 3.63) is 30.6 Å². The van der Waals surface area contributed by atoms with Crippen molar-refractivity contribution in [3.8, 4) is 0 Å². The first-order valence-electron chi connectivity index (χ1n) is 8.61. The van der Waals surface area contributed by atoms with Gasteiger partial charge in [-0.25, -0.2) is 0 Å². The summed E-state index contributed by atoms with van der Waals surface area (Å²) in [4.78, 5) is 22.0. The summed E-state index contributed by atoms with van der Waals surface area (Å²) in [6.07, 6.45) is 8.04. The van der Waals surface area contributed by atoms with Crippen molar-refractivity contribution < 1.29 is 9.90 Å². The Hall–Kier alpha value is -2.21. The SMILES string of the molecule is O=C(O)CN(CC1CC1)C1CC(Nc2ccnc3cccnc23)C1. The Balaban J connectivity index is 1.38. The Morgan fingerprint density at radius 1 is 1.25 bits per heavy atom. The van der Waals surface area contributed by atoms with Crippen LogP contribution in [0.5, 0.6) is 0 Å². The van der Waals surface area contributed by atoms with Gasteiger partial charge in [0.15, 0.2) is 0 Å². The minimum atomic E-state index is -0.726. The van der Waals surface area contributed by atoms with E-state index in [9.17, 15) is 4.79 Å². The second kappa shape index (κ2) is 6.36. The van der Waals surface area contributed by atoms with E-state index in [0.29, 0.717) is 18.0 Å². The molecule has 2 aliphatic rings. The van der Waals surface area contributed by atoms with Gasteiger partial charge in [0.05, 0.1) is 17.7 Å². The molecule has 2 aliphatic carbocycles. The molecule has 6 heteroatoms. The Morgan fingerprint density at radius 2 is 2.08 bits per heavy atom. The number of carboxylic acids is 1. The number of rotatable bonds is 7. The number of anilines is 1. The number of aromatic nitrogens is 2. The highest BCUT2D eigenvalue weighted by Crippen LogP contribution is 2.35. The number of pyridine rings is 2. The van der Waals surface area contributed by atoms with Gasteiger partial charge in [-0.3, -0.25) is 19.7 Å². The van der Waals surface area contributed by atoms with Gasteiger partial charge in [0, 0.05) is 31.0 Å². The molecule has 2 saturated carbocycles. The summed E-state index contributed by atoms with van der Waals surface area (Å²) in [5, 5.41) is 12.7. The average Bonchev–Trinajstić information content (AvgIpc) is 3.33. The zero-order chi connectivity index (χ0) is 16.5. The third kappa shape index (κ3) is 3.33. The van der Waals surface area contributed by atoms with Gasteiger partial charge in [-0.2, -0.15) is 0 Å². The lowest BCUT2D eigenvalue weighted by Gasteiger charge is -2.43. The van der Waals surface area contributed by atoms with Crippen LogP contribution < -0.4 is 5.32 Å². The van der Waals surface area contributed by atoms with Crippen LogP contribution in [0.4, 0.5) is 5.69 Å². The van der Waals surface area contributed by atoms with Crippen molar-refractivity contribution in [1.82, 2.24) is 14.9 Å². The molecule has 2 N–H and O–H groups in total. The number of hydrogen-bond donors (Lipinski definition) is 2. The van der Waals surface area contributed by atoms with Crippen molar-refractivity contribution in [2.75, 3.05) is 18.4 Å². The molecule has 0 radical (unpaired) electrons. The normalized spacial score (nSPS) is 23.2. The maximum Gasteiger partial charge on any atom is 0.317 e. The Labute approximate surface area is 140 Å². The summed E-state index contributed by atoms with van der Waals surface area (Å²) in [6.45, 7) is 1.09. The summed E-state index contributed by atoms with van der Waals surface area (Å²) in [6, 6.07) is 6.56. The molecule has 2 fully saturated rings. The third-order valence-electron chi connectivity index (χ3n) is 5.01. The highest BCUT2D eigenvalue weighted by Gasteiger charge is 2.37. The van der Waals surface area contributed by atoms with E-state index >= 15 is 0 Å². The molecule has 0 amide bonds. The van der Waals surface area contributed by atoms with Crippen LogP contribution in [0.3, 0.4) is 0 Å². The van der Waals surface area contributed by atoms with Crippen LogP contribution in [0.25, 0.3) is 11.0 Å². The molecule has 0 spiro atoms. The van der Waals surface area contributed by atoms with Crippen molar-refractivity contribution in [1.29, 1.82) is 0 Å². The van der Waals surface area contributed by atoms with E-state index in [1.54, 1.807) is 12.4 Å². The van der Waals surface area contributed by atoms with Gasteiger partial charge < -0.3 is 10.4 Å². The van der Waals surface area contributed by atoms with Crippen LogP contribution in [0.2, 0.25) is 0 Å². The lowest BCUT2D eigenvalue weighted by atomic mass is 9.85. The second-order valence-corrected chi connectivity index (χ2v) is 6.96. The van der Waals surface area contributed by atoms with Crippen LogP contribution >= 0.6 is 0 Å². The Kier molecular flexibility index (Phi) is 4.06. The maximum atomic E-state index is 11.1. The standard InChI is InChI=1S/C18H22N4O2/c23-17(24)11-22(10-12-3-4-12)14-8-13(9-14)21-16-5-7-19-15-2-1-6-20-18(15)16/h1-2,5-7,12-14H,3-4,8-11H2,(H,19,21)(H,23,24). The molecule has 0 bridgehead atoms.